The Bertz CT molecular complexity index is 472. The Labute approximate surface area is 99.9 Å². The SMILES string of the molecule is N=C(N)c1ccc(N2CC3CCC2C3)c(F)c1. The van der Waals surface area contributed by atoms with Crippen LogP contribution in [-0.4, -0.2) is 18.4 Å². The minimum Gasteiger partial charge on any atom is -0.384 e. The molecule has 2 unspecified atom stereocenters. The van der Waals surface area contributed by atoms with Gasteiger partial charge < -0.3 is 10.6 Å². The second kappa shape index (κ2) is 3.72. The molecule has 1 saturated heterocycles. The highest BCUT2D eigenvalue weighted by Crippen LogP contribution is 2.40. The standard InChI is InChI=1S/C13H16FN3/c14-11-6-9(13(15)16)2-4-12(11)17-7-8-1-3-10(17)5-8/h2,4,6,8,10H,1,3,5,7H2,(H3,15,16). The molecule has 1 saturated carbocycles. The number of halogens is 1. The first-order valence-electron chi connectivity index (χ1n) is 6.05. The van der Waals surface area contributed by atoms with E-state index in [1.807, 2.05) is 0 Å². The van der Waals surface area contributed by atoms with Crippen LogP contribution >= 0.6 is 0 Å². The number of hydrogen-bond acceptors (Lipinski definition) is 2. The van der Waals surface area contributed by atoms with Gasteiger partial charge in [-0.3, -0.25) is 5.41 Å². The van der Waals surface area contributed by atoms with Gasteiger partial charge in [0.25, 0.3) is 0 Å². The number of amidine groups is 1. The van der Waals surface area contributed by atoms with Gasteiger partial charge in [-0.2, -0.15) is 0 Å². The summed E-state index contributed by atoms with van der Waals surface area (Å²) in [6, 6.07) is 5.36. The Morgan fingerprint density at radius 2 is 2.24 bits per heavy atom. The van der Waals surface area contributed by atoms with Gasteiger partial charge in [-0.1, -0.05) is 0 Å². The number of nitrogen functional groups attached to an aromatic ring is 1. The molecule has 90 valence electrons. The molecule has 3 rings (SSSR count). The van der Waals surface area contributed by atoms with Gasteiger partial charge in [0, 0.05) is 18.2 Å². The lowest BCUT2D eigenvalue weighted by Crippen LogP contribution is -2.32. The predicted octanol–water partition coefficient (Wildman–Crippen LogP) is 2.10. The molecule has 2 bridgehead atoms. The van der Waals surface area contributed by atoms with Gasteiger partial charge in [0.15, 0.2) is 0 Å². The maximum absolute atomic E-state index is 14.0. The molecule has 4 heteroatoms. The van der Waals surface area contributed by atoms with E-state index >= 15 is 0 Å². The molecule has 1 aliphatic heterocycles. The Hall–Kier alpha value is -1.58. The highest BCUT2D eigenvalue weighted by molar-refractivity contribution is 5.95. The normalized spacial score (nSPS) is 26.5. The van der Waals surface area contributed by atoms with Crippen molar-refractivity contribution < 1.29 is 4.39 Å². The summed E-state index contributed by atoms with van der Waals surface area (Å²) in [7, 11) is 0. The molecule has 0 spiro atoms. The number of piperidine rings is 1. The summed E-state index contributed by atoms with van der Waals surface area (Å²) < 4.78 is 14.0. The number of nitrogens with one attached hydrogen (secondary N) is 1. The first-order chi connectivity index (χ1) is 8.15. The number of fused-ring (bicyclic) bond motifs is 2. The highest BCUT2D eigenvalue weighted by Gasteiger charge is 2.38. The van der Waals surface area contributed by atoms with Crippen LogP contribution in [0, 0.1) is 17.1 Å². The predicted molar refractivity (Wildman–Crippen MR) is 65.9 cm³/mol. The highest BCUT2D eigenvalue weighted by atomic mass is 19.1. The second-order valence-corrected chi connectivity index (χ2v) is 5.07. The van der Waals surface area contributed by atoms with Gasteiger partial charge in [-0.15, -0.1) is 0 Å². The Morgan fingerprint density at radius 3 is 2.76 bits per heavy atom. The fraction of sp³-hybridized carbons (Fsp3) is 0.462. The molecular formula is C13H16FN3. The van der Waals surface area contributed by atoms with Crippen LogP contribution in [0.4, 0.5) is 10.1 Å². The van der Waals surface area contributed by atoms with Crippen molar-refractivity contribution >= 4 is 11.5 Å². The summed E-state index contributed by atoms with van der Waals surface area (Å²) in [5.74, 6) is 0.399. The molecule has 3 N–H and O–H groups in total. The smallest absolute Gasteiger partial charge is 0.147 e. The van der Waals surface area contributed by atoms with Crippen molar-refractivity contribution in [2.45, 2.75) is 25.3 Å². The average molecular weight is 233 g/mol. The molecule has 2 fully saturated rings. The van der Waals surface area contributed by atoms with Crippen molar-refractivity contribution in [3.8, 4) is 0 Å². The van der Waals surface area contributed by atoms with E-state index in [0.717, 1.165) is 12.5 Å². The Kier molecular flexibility index (Phi) is 2.31. The van der Waals surface area contributed by atoms with Gasteiger partial charge in [-0.05, 0) is 43.4 Å². The van der Waals surface area contributed by atoms with E-state index in [-0.39, 0.29) is 11.7 Å². The summed E-state index contributed by atoms with van der Waals surface area (Å²) in [4.78, 5) is 2.17. The second-order valence-electron chi connectivity index (χ2n) is 5.07. The zero-order chi connectivity index (χ0) is 12.0. The first-order valence-corrected chi connectivity index (χ1v) is 6.05. The topological polar surface area (TPSA) is 53.1 Å². The third kappa shape index (κ3) is 1.68. The fourth-order valence-electron chi connectivity index (χ4n) is 3.13. The average Bonchev–Trinajstić information content (AvgIpc) is 2.90. The minimum atomic E-state index is -0.259. The quantitative estimate of drug-likeness (QED) is 0.607. The molecule has 0 amide bonds. The summed E-state index contributed by atoms with van der Waals surface area (Å²) in [5.41, 5.74) is 6.47. The molecule has 2 atom stereocenters. The van der Waals surface area contributed by atoms with E-state index in [2.05, 4.69) is 4.90 Å². The third-order valence-electron chi connectivity index (χ3n) is 3.98. The number of nitrogens with two attached hydrogens (primary N) is 1. The summed E-state index contributed by atoms with van der Waals surface area (Å²) in [5, 5.41) is 7.29. The Balaban J connectivity index is 1.91. The number of rotatable bonds is 2. The molecule has 0 aromatic heterocycles. The van der Waals surface area contributed by atoms with Crippen LogP contribution < -0.4 is 10.6 Å². The van der Waals surface area contributed by atoms with E-state index in [4.69, 9.17) is 11.1 Å². The largest absolute Gasteiger partial charge is 0.384 e. The maximum Gasteiger partial charge on any atom is 0.147 e. The molecule has 2 aliphatic rings. The van der Waals surface area contributed by atoms with E-state index in [9.17, 15) is 4.39 Å². The van der Waals surface area contributed by atoms with Crippen LogP contribution in [0.2, 0.25) is 0 Å². The van der Waals surface area contributed by atoms with Gasteiger partial charge >= 0.3 is 0 Å². The molecule has 17 heavy (non-hydrogen) atoms. The van der Waals surface area contributed by atoms with E-state index < -0.39 is 0 Å². The van der Waals surface area contributed by atoms with Crippen LogP contribution in [0.15, 0.2) is 18.2 Å². The monoisotopic (exact) mass is 233 g/mol. The fourth-order valence-corrected chi connectivity index (χ4v) is 3.13. The Morgan fingerprint density at radius 1 is 1.41 bits per heavy atom. The molecule has 1 aliphatic carbocycles. The first kappa shape index (κ1) is 10.6. The zero-order valence-corrected chi connectivity index (χ0v) is 9.62. The van der Waals surface area contributed by atoms with Crippen molar-refractivity contribution in [3.05, 3.63) is 29.6 Å². The van der Waals surface area contributed by atoms with Gasteiger partial charge in [0.1, 0.15) is 11.7 Å². The number of benzene rings is 1. The lowest BCUT2D eigenvalue weighted by atomic mass is 10.1. The summed E-state index contributed by atoms with van der Waals surface area (Å²) in [6.07, 6.45) is 3.67. The zero-order valence-electron chi connectivity index (χ0n) is 9.62. The molecule has 3 nitrogen and oxygen atoms in total. The van der Waals surface area contributed by atoms with E-state index in [0.29, 0.717) is 17.3 Å². The molecule has 0 radical (unpaired) electrons. The van der Waals surface area contributed by atoms with Crippen molar-refractivity contribution in [2.75, 3.05) is 11.4 Å². The summed E-state index contributed by atoms with van der Waals surface area (Å²) >= 11 is 0. The summed E-state index contributed by atoms with van der Waals surface area (Å²) in [6.45, 7) is 0.973. The van der Waals surface area contributed by atoms with Crippen molar-refractivity contribution in [1.82, 2.24) is 0 Å². The van der Waals surface area contributed by atoms with Gasteiger partial charge in [0.2, 0.25) is 0 Å². The van der Waals surface area contributed by atoms with Crippen LogP contribution in [0.25, 0.3) is 0 Å². The molecule has 1 aromatic rings. The number of anilines is 1. The van der Waals surface area contributed by atoms with Crippen LogP contribution in [0.5, 0.6) is 0 Å². The number of nitrogens with zero attached hydrogens (tertiary/aromatic N) is 1. The minimum absolute atomic E-state index is 0.0848. The molecular weight excluding hydrogens is 217 g/mol. The van der Waals surface area contributed by atoms with Crippen LogP contribution in [0.3, 0.4) is 0 Å². The van der Waals surface area contributed by atoms with Crippen LogP contribution in [0.1, 0.15) is 24.8 Å². The van der Waals surface area contributed by atoms with Crippen molar-refractivity contribution in [2.24, 2.45) is 11.7 Å². The van der Waals surface area contributed by atoms with Gasteiger partial charge in [-0.25, -0.2) is 4.39 Å². The number of hydrogen-bond donors (Lipinski definition) is 2. The van der Waals surface area contributed by atoms with E-state index in [1.54, 1.807) is 12.1 Å². The van der Waals surface area contributed by atoms with Crippen molar-refractivity contribution in [1.29, 1.82) is 5.41 Å². The third-order valence-corrected chi connectivity index (χ3v) is 3.98. The maximum atomic E-state index is 14.0. The van der Waals surface area contributed by atoms with E-state index in [1.165, 1.54) is 25.3 Å². The van der Waals surface area contributed by atoms with Crippen molar-refractivity contribution in [3.63, 3.8) is 0 Å². The van der Waals surface area contributed by atoms with Crippen LogP contribution in [-0.2, 0) is 0 Å². The lowest BCUT2D eigenvalue weighted by Gasteiger charge is -2.29. The lowest BCUT2D eigenvalue weighted by molar-refractivity contribution is 0.540. The molecule has 1 aromatic carbocycles. The van der Waals surface area contributed by atoms with Gasteiger partial charge in [0.05, 0.1) is 5.69 Å². The molecule has 1 heterocycles.